The van der Waals surface area contributed by atoms with Gasteiger partial charge in [0.1, 0.15) is 5.75 Å². The van der Waals surface area contributed by atoms with E-state index in [0.29, 0.717) is 6.54 Å². The zero-order valence-electron chi connectivity index (χ0n) is 15.2. The molecule has 138 valence electrons. The highest BCUT2D eigenvalue weighted by Crippen LogP contribution is 2.21. The molecule has 0 aromatic heterocycles. The summed E-state index contributed by atoms with van der Waals surface area (Å²) in [6.45, 7) is 8.66. The van der Waals surface area contributed by atoms with Crippen molar-refractivity contribution in [1.29, 1.82) is 0 Å². The molecule has 2 saturated heterocycles. The number of rotatable bonds is 5. The Morgan fingerprint density at radius 3 is 2.56 bits per heavy atom. The van der Waals surface area contributed by atoms with Crippen molar-refractivity contribution in [2.75, 3.05) is 44.2 Å². The summed E-state index contributed by atoms with van der Waals surface area (Å²) in [5.74, 6) is 0.894. The predicted molar refractivity (Wildman–Crippen MR) is 98.4 cm³/mol. The summed E-state index contributed by atoms with van der Waals surface area (Å²) in [5.41, 5.74) is 1.18. The Morgan fingerprint density at radius 2 is 1.96 bits per heavy atom. The zero-order chi connectivity index (χ0) is 17.6. The number of carbonyl (C=O) groups excluding carboxylic acids is 1. The third kappa shape index (κ3) is 5.01. The first-order valence-corrected chi connectivity index (χ1v) is 9.28. The van der Waals surface area contributed by atoms with Crippen molar-refractivity contribution in [3.8, 4) is 5.75 Å². The maximum atomic E-state index is 12.3. The van der Waals surface area contributed by atoms with Crippen LogP contribution in [0.4, 0.5) is 10.5 Å². The second-order valence-corrected chi connectivity index (χ2v) is 6.96. The van der Waals surface area contributed by atoms with E-state index in [-0.39, 0.29) is 18.2 Å². The first kappa shape index (κ1) is 17.9. The fraction of sp³-hybridized carbons (Fsp3) is 0.632. The fourth-order valence-electron chi connectivity index (χ4n) is 3.29. The number of amides is 2. The Morgan fingerprint density at radius 1 is 1.24 bits per heavy atom. The van der Waals surface area contributed by atoms with Crippen LogP contribution in [0.3, 0.4) is 0 Å². The summed E-state index contributed by atoms with van der Waals surface area (Å²) in [7, 11) is 0. The molecule has 1 atom stereocenters. The molecule has 0 saturated carbocycles. The first-order chi connectivity index (χ1) is 12.1. The molecule has 1 unspecified atom stereocenters. The number of nitrogens with one attached hydrogen (secondary N) is 1. The van der Waals surface area contributed by atoms with Crippen LogP contribution in [0.1, 0.15) is 26.7 Å². The van der Waals surface area contributed by atoms with E-state index in [1.54, 1.807) is 0 Å². The van der Waals surface area contributed by atoms with Gasteiger partial charge in [0.05, 0.1) is 12.2 Å². The first-order valence-electron chi connectivity index (χ1n) is 9.28. The van der Waals surface area contributed by atoms with Gasteiger partial charge >= 0.3 is 6.03 Å². The van der Waals surface area contributed by atoms with Gasteiger partial charge < -0.3 is 24.6 Å². The fourth-order valence-corrected chi connectivity index (χ4v) is 3.29. The maximum Gasteiger partial charge on any atom is 0.317 e. The molecule has 3 rings (SSSR count). The Kier molecular flexibility index (Phi) is 6.02. The van der Waals surface area contributed by atoms with E-state index >= 15 is 0 Å². The van der Waals surface area contributed by atoms with Gasteiger partial charge in [0, 0.05) is 45.0 Å². The van der Waals surface area contributed by atoms with Crippen LogP contribution in [0, 0.1) is 0 Å². The largest absolute Gasteiger partial charge is 0.491 e. The molecule has 0 spiro atoms. The number of carbonyl (C=O) groups is 1. The Bertz CT molecular complexity index is 548. The zero-order valence-corrected chi connectivity index (χ0v) is 15.2. The topological polar surface area (TPSA) is 54.0 Å². The Balaban J connectivity index is 1.43. The van der Waals surface area contributed by atoms with E-state index in [1.165, 1.54) is 5.69 Å². The number of nitrogens with zero attached hydrogens (tertiary/aromatic N) is 2. The number of benzene rings is 1. The van der Waals surface area contributed by atoms with Crippen molar-refractivity contribution in [3.05, 3.63) is 24.3 Å². The van der Waals surface area contributed by atoms with Gasteiger partial charge in [0.25, 0.3) is 0 Å². The summed E-state index contributed by atoms with van der Waals surface area (Å²) in [4.78, 5) is 16.5. The van der Waals surface area contributed by atoms with Crippen LogP contribution in [0.5, 0.6) is 5.75 Å². The summed E-state index contributed by atoms with van der Waals surface area (Å²) >= 11 is 0. The minimum absolute atomic E-state index is 0.0239. The molecule has 6 heteroatoms. The van der Waals surface area contributed by atoms with Gasteiger partial charge in [-0.1, -0.05) is 0 Å². The van der Waals surface area contributed by atoms with E-state index < -0.39 is 0 Å². The highest BCUT2D eigenvalue weighted by molar-refractivity contribution is 5.74. The van der Waals surface area contributed by atoms with Crippen molar-refractivity contribution in [3.63, 3.8) is 0 Å². The third-order valence-electron chi connectivity index (χ3n) is 4.65. The SMILES string of the molecule is CC(C)Oc1ccc(N2CCN(C(=O)NCC3CCCO3)CC2)cc1. The number of anilines is 1. The molecule has 2 aliphatic heterocycles. The molecule has 2 amide bonds. The van der Waals surface area contributed by atoms with E-state index in [9.17, 15) is 4.79 Å². The van der Waals surface area contributed by atoms with Crippen LogP contribution in [0.15, 0.2) is 24.3 Å². The molecule has 1 aromatic rings. The standard InChI is InChI=1S/C19H29N3O3/c1-15(2)25-17-7-5-16(6-8-17)21-9-11-22(12-10-21)19(23)20-14-18-4-3-13-24-18/h5-8,15,18H,3-4,9-14H2,1-2H3,(H,20,23). The number of urea groups is 1. The lowest BCUT2D eigenvalue weighted by molar-refractivity contribution is 0.108. The van der Waals surface area contributed by atoms with Crippen molar-refractivity contribution in [1.82, 2.24) is 10.2 Å². The normalized spacial score (nSPS) is 20.8. The van der Waals surface area contributed by atoms with Crippen molar-refractivity contribution in [2.24, 2.45) is 0 Å². The van der Waals surface area contributed by atoms with Crippen LogP contribution in [-0.2, 0) is 4.74 Å². The average Bonchev–Trinajstić information content (AvgIpc) is 3.13. The smallest absolute Gasteiger partial charge is 0.317 e. The van der Waals surface area contributed by atoms with Gasteiger partial charge in [-0.3, -0.25) is 0 Å². The third-order valence-corrected chi connectivity index (χ3v) is 4.65. The van der Waals surface area contributed by atoms with Crippen molar-refractivity contribution >= 4 is 11.7 Å². The van der Waals surface area contributed by atoms with Crippen LogP contribution in [0.25, 0.3) is 0 Å². The summed E-state index contributed by atoms with van der Waals surface area (Å²) in [6.07, 6.45) is 2.52. The number of ether oxygens (including phenoxy) is 2. The monoisotopic (exact) mass is 347 g/mol. The van der Waals surface area contributed by atoms with Crippen molar-refractivity contribution < 1.29 is 14.3 Å². The van der Waals surface area contributed by atoms with Crippen molar-refractivity contribution in [2.45, 2.75) is 38.9 Å². The minimum atomic E-state index is 0.0239. The maximum absolute atomic E-state index is 12.3. The second-order valence-electron chi connectivity index (χ2n) is 6.96. The Hall–Kier alpha value is -1.95. The van der Waals surface area contributed by atoms with Gasteiger partial charge in [-0.05, 0) is 51.0 Å². The molecule has 0 aliphatic carbocycles. The summed E-state index contributed by atoms with van der Waals surface area (Å²) in [5, 5.41) is 3.00. The minimum Gasteiger partial charge on any atom is -0.491 e. The van der Waals surface area contributed by atoms with Gasteiger partial charge in [0.2, 0.25) is 0 Å². The van der Waals surface area contributed by atoms with Crippen LogP contribution in [0.2, 0.25) is 0 Å². The quantitative estimate of drug-likeness (QED) is 0.889. The lowest BCUT2D eigenvalue weighted by Crippen LogP contribution is -2.52. The lowest BCUT2D eigenvalue weighted by atomic mass is 10.2. The highest BCUT2D eigenvalue weighted by Gasteiger charge is 2.23. The molecule has 2 aliphatic rings. The van der Waals surface area contributed by atoms with E-state index in [4.69, 9.17) is 9.47 Å². The molecule has 25 heavy (non-hydrogen) atoms. The van der Waals surface area contributed by atoms with E-state index in [0.717, 1.165) is 51.4 Å². The number of piperazine rings is 1. The highest BCUT2D eigenvalue weighted by atomic mass is 16.5. The van der Waals surface area contributed by atoms with E-state index in [2.05, 4.69) is 22.3 Å². The van der Waals surface area contributed by atoms with Crippen LogP contribution in [-0.4, -0.2) is 62.5 Å². The van der Waals surface area contributed by atoms with Gasteiger partial charge in [-0.25, -0.2) is 4.79 Å². The molecule has 1 N–H and O–H groups in total. The Labute approximate surface area is 150 Å². The van der Waals surface area contributed by atoms with Gasteiger partial charge in [-0.15, -0.1) is 0 Å². The van der Waals surface area contributed by atoms with Crippen LogP contribution < -0.4 is 15.0 Å². The average molecular weight is 347 g/mol. The van der Waals surface area contributed by atoms with Crippen LogP contribution >= 0.6 is 0 Å². The predicted octanol–water partition coefficient (Wildman–Crippen LogP) is 2.48. The van der Waals surface area contributed by atoms with Gasteiger partial charge in [-0.2, -0.15) is 0 Å². The number of hydrogen-bond donors (Lipinski definition) is 1. The number of hydrogen-bond acceptors (Lipinski definition) is 4. The molecule has 6 nitrogen and oxygen atoms in total. The molecule has 1 aromatic carbocycles. The summed E-state index contributed by atoms with van der Waals surface area (Å²) < 4.78 is 11.2. The van der Waals surface area contributed by atoms with E-state index in [1.807, 2.05) is 30.9 Å². The molecular weight excluding hydrogens is 318 g/mol. The lowest BCUT2D eigenvalue weighted by Gasteiger charge is -2.36. The van der Waals surface area contributed by atoms with Gasteiger partial charge in [0.15, 0.2) is 0 Å². The molecule has 2 heterocycles. The molecule has 0 bridgehead atoms. The molecular formula is C19H29N3O3. The molecule has 0 radical (unpaired) electrons. The molecule has 2 fully saturated rings. The second kappa shape index (κ2) is 8.43. The summed E-state index contributed by atoms with van der Waals surface area (Å²) in [6, 6.07) is 8.22.